The lowest BCUT2D eigenvalue weighted by Crippen LogP contribution is -2.29. The van der Waals surface area contributed by atoms with Gasteiger partial charge in [0.05, 0.1) is 5.69 Å². The summed E-state index contributed by atoms with van der Waals surface area (Å²) < 4.78 is 13.3. The van der Waals surface area contributed by atoms with E-state index in [1.165, 1.54) is 6.07 Å². The minimum absolute atomic E-state index is 0.327. The Balaban J connectivity index is 2.60. The van der Waals surface area contributed by atoms with E-state index in [1.807, 2.05) is 6.92 Å². The molecule has 5 heteroatoms. The van der Waals surface area contributed by atoms with Crippen molar-refractivity contribution in [3.05, 3.63) is 29.0 Å². The Morgan fingerprint density at radius 1 is 1.53 bits per heavy atom. The Labute approximate surface area is 98.8 Å². The van der Waals surface area contributed by atoms with Gasteiger partial charge in [-0.2, -0.15) is 0 Å². The van der Waals surface area contributed by atoms with E-state index in [0.717, 1.165) is 13.0 Å². The average molecular weight is 247 g/mol. The van der Waals surface area contributed by atoms with Gasteiger partial charge in [0.2, 0.25) is 0 Å². The predicted molar refractivity (Wildman–Crippen MR) is 65.9 cm³/mol. The van der Waals surface area contributed by atoms with Gasteiger partial charge in [-0.15, -0.1) is 0 Å². The van der Waals surface area contributed by atoms with E-state index in [-0.39, 0.29) is 0 Å². The van der Waals surface area contributed by atoms with E-state index in [2.05, 4.69) is 10.6 Å². The fourth-order valence-electron chi connectivity index (χ4n) is 0.996. The maximum absolute atomic E-state index is 13.3. The van der Waals surface area contributed by atoms with Gasteiger partial charge in [-0.25, -0.2) is 4.39 Å². The Bertz CT molecular complexity index is 357. The third-order valence-corrected chi connectivity index (χ3v) is 2.20. The molecule has 0 aliphatic heterocycles. The topological polar surface area (TPSA) is 24.1 Å². The minimum atomic E-state index is -0.414. The van der Waals surface area contributed by atoms with Crippen molar-refractivity contribution in [3.63, 3.8) is 0 Å². The third-order valence-electron chi connectivity index (χ3n) is 1.71. The van der Waals surface area contributed by atoms with Crippen molar-refractivity contribution in [1.29, 1.82) is 0 Å². The molecule has 0 radical (unpaired) electrons. The van der Waals surface area contributed by atoms with Crippen LogP contribution in [0, 0.1) is 5.82 Å². The number of hydrogen-bond acceptors (Lipinski definition) is 1. The van der Waals surface area contributed by atoms with Crippen LogP contribution in [-0.4, -0.2) is 11.7 Å². The molecule has 0 saturated heterocycles. The van der Waals surface area contributed by atoms with E-state index in [9.17, 15) is 4.39 Å². The van der Waals surface area contributed by atoms with Crippen molar-refractivity contribution < 1.29 is 4.39 Å². The molecule has 0 aliphatic carbocycles. The molecule has 0 saturated carbocycles. The minimum Gasteiger partial charge on any atom is -0.362 e. The Morgan fingerprint density at radius 2 is 2.27 bits per heavy atom. The molecule has 15 heavy (non-hydrogen) atoms. The number of halogens is 2. The second-order valence-electron chi connectivity index (χ2n) is 3.01. The molecule has 0 amide bonds. The number of thiocarbonyl (C=S) groups is 1. The van der Waals surface area contributed by atoms with Crippen LogP contribution < -0.4 is 10.6 Å². The molecule has 0 spiro atoms. The molecule has 1 rings (SSSR count). The molecule has 0 fully saturated rings. The molecule has 0 unspecified atom stereocenters. The van der Waals surface area contributed by atoms with Gasteiger partial charge in [-0.3, -0.25) is 0 Å². The Hall–Kier alpha value is -0.870. The molecule has 1 aromatic carbocycles. The van der Waals surface area contributed by atoms with E-state index in [4.69, 9.17) is 23.8 Å². The lowest BCUT2D eigenvalue weighted by atomic mass is 10.3. The highest BCUT2D eigenvalue weighted by molar-refractivity contribution is 7.80. The molecule has 2 N–H and O–H groups in total. The van der Waals surface area contributed by atoms with Crippen molar-refractivity contribution in [2.75, 3.05) is 11.9 Å². The standard InChI is InChI=1S/C10H12ClFN2S/c1-2-5-13-10(15)14-9-4-3-7(11)6-8(9)12/h3-4,6H,2,5H2,1H3,(H2,13,14,15). The van der Waals surface area contributed by atoms with E-state index in [0.29, 0.717) is 15.8 Å². The first kappa shape index (κ1) is 12.2. The molecule has 1 aromatic rings. The predicted octanol–water partition coefficient (Wildman–Crippen LogP) is 3.18. The summed E-state index contributed by atoms with van der Waals surface area (Å²) in [7, 11) is 0. The van der Waals surface area contributed by atoms with E-state index >= 15 is 0 Å². The van der Waals surface area contributed by atoms with E-state index < -0.39 is 5.82 Å². The summed E-state index contributed by atoms with van der Waals surface area (Å²) >= 11 is 10.6. The van der Waals surface area contributed by atoms with Crippen LogP contribution in [0.5, 0.6) is 0 Å². The molecule has 0 aromatic heterocycles. The molecular weight excluding hydrogens is 235 g/mol. The maximum atomic E-state index is 13.3. The molecule has 0 bridgehead atoms. The quantitative estimate of drug-likeness (QED) is 0.801. The molecule has 82 valence electrons. The van der Waals surface area contributed by atoms with Crippen LogP contribution in [0.15, 0.2) is 18.2 Å². The van der Waals surface area contributed by atoms with Gasteiger partial charge in [0, 0.05) is 11.6 Å². The highest BCUT2D eigenvalue weighted by Crippen LogP contribution is 2.18. The van der Waals surface area contributed by atoms with Crippen LogP contribution in [0.2, 0.25) is 5.02 Å². The first-order valence-electron chi connectivity index (χ1n) is 4.63. The molecule has 0 atom stereocenters. The zero-order valence-corrected chi connectivity index (χ0v) is 9.88. The van der Waals surface area contributed by atoms with Crippen LogP contribution in [0.25, 0.3) is 0 Å². The lowest BCUT2D eigenvalue weighted by molar-refractivity contribution is 0.632. The van der Waals surface area contributed by atoms with Crippen LogP contribution in [0.3, 0.4) is 0 Å². The average Bonchev–Trinajstić information content (AvgIpc) is 2.19. The van der Waals surface area contributed by atoms with Gasteiger partial charge in [-0.1, -0.05) is 18.5 Å². The van der Waals surface area contributed by atoms with Crippen molar-refractivity contribution >= 4 is 34.6 Å². The van der Waals surface area contributed by atoms with Crippen molar-refractivity contribution in [2.45, 2.75) is 13.3 Å². The SMILES string of the molecule is CCCNC(=S)Nc1ccc(Cl)cc1F. The second-order valence-corrected chi connectivity index (χ2v) is 3.85. The summed E-state index contributed by atoms with van der Waals surface area (Å²) in [5.41, 5.74) is 0.327. The normalized spacial score (nSPS) is 9.80. The van der Waals surface area contributed by atoms with Crippen LogP contribution >= 0.6 is 23.8 Å². The number of hydrogen-bond donors (Lipinski definition) is 2. The summed E-state index contributed by atoms with van der Waals surface area (Å²) in [6, 6.07) is 4.40. The van der Waals surface area contributed by atoms with Crippen LogP contribution in [-0.2, 0) is 0 Å². The molecule has 0 heterocycles. The molecule has 0 aliphatic rings. The number of anilines is 1. The van der Waals surface area contributed by atoms with Crippen molar-refractivity contribution in [3.8, 4) is 0 Å². The summed E-state index contributed by atoms with van der Waals surface area (Å²) in [6.07, 6.45) is 0.963. The second kappa shape index (κ2) is 5.88. The highest BCUT2D eigenvalue weighted by Gasteiger charge is 2.03. The van der Waals surface area contributed by atoms with Crippen molar-refractivity contribution in [2.24, 2.45) is 0 Å². The first-order chi connectivity index (χ1) is 7.13. The van der Waals surface area contributed by atoms with Gasteiger partial charge in [0.25, 0.3) is 0 Å². The van der Waals surface area contributed by atoms with E-state index in [1.54, 1.807) is 12.1 Å². The number of rotatable bonds is 3. The van der Waals surface area contributed by atoms with Gasteiger partial charge in [0.1, 0.15) is 5.82 Å². The van der Waals surface area contributed by atoms with Gasteiger partial charge >= 0.3 is 0 Å². The Kier molecular flexibility index (Phi) is 4.78. The first-order valence-corrected chi connectivity index (χ1v) is 5.42. The lowest BCUT2D eigenvalue weighted by Gasteiger charge is -2.10. The number of benzene rings is 1. The molecule has 2 nitrogen and oxygen atoms in total. The van der Waals surface area contributed by atoms with Gasteiger partial charge in [-0.05, 0) is 36.8 Å². The summed E-state index contributed by atoms with van der Waals surface area (Å²) in [5, 5.41) is 6.48. The monoisotopic (exact) mass is 246 g/mol. The smallest absolute Gasteiger partial charge is 0.170 e. The largest absolute Gasteiger partial charge is 0.362 e. The van der Waals surface area contributed by atoms with Crippen LogP contribution in [0.1, 0.15) is 13.3 Å². The highest BCUT2D eigenvalue weighted by atomic mass is 35.5. The fourth-order valence-corrected chi connectivity index (χ4v) is 1.37. The zero-order chi connectivity index (χ0) is 11.3. The van der Waals surface area contributed by atoms with Crippen LogP contribution in [0.4, 0.5) is 10.1 Å². The molecular formula is C10H12ClFN2S. The zero-order valence-electron chi connectivity index (χ0n) is 8.31. The van der Waals surface area contributed by atoms with Gasteiger partial charge in [0.15, 0.2) is 5.11 Å². The number of nitrogens with one attached hydrogen (secondary N) is 2. The van der Waals surface area contributed by atoms with Gasteiger partial charge < -0.3 is 10.6 Å². The maximum Gasteiger partial charge on any atom is 0.170 e. The summed E-state index contributed by atoms with van der Waals surface area (Å²) in [6.45, 7) is 2.79. The van der Waals surface area contributed by atoms with Crippen molar-refractivity contribution in [1.82, 2.24) is 5.32 Å². The Morgan fingerprint density at radius 3 is 2.87 bits per heavy atom. The third kappa shape index (κ3) is 4.01. The fraction of sp³-hybridized carbons (Fsp3) is 0.300. The summed E-state index contributed by atoms with van der Waals surface area (Å²) in [5.74, 6) is -0.414. The summed E-state index contributed by atoms with van der Waals surface area (Å²) in [4.78, 5) is 0.